The maximum Gasteiger partial charge on any atom is 0.244 e. The Bertz CT molecular complexity index is 537. The highest BCUT2D eigenvalue weighted by Gasteiger charge is 2.19. The summed E-state index contributed by atoms with van der Waals surface area (Å²) in [6, 6.07) is 1.55. The first-order valence-electron chi connectivity index (χ1n) is 6.89. The summed E-state index contributed by atoms with van der Waals surface area (Å²) in [6.07, 6.45) is 4.20. The molecule has 0 atom stereocenters. The Hall–Kier alpha value is -0.700. The number of rotatable bonds is 10. The minimum Gasteiger partial charge on any atom is -0.385 e. The summed E-state index contributed by atoms with van der Waals surface area (Å²) in [6.45, 7) is 3.61. The van der Waals surface area contributed by atoms with Crippen molar-refractivity contribution in [1.29, 1.82) is 0 Å². The molecule has 8 heteroatoms. The molecular formula is C13H22BrN3O3S. The van der Waals surface area contributed by atoms with E-state index in [0.29, 0.717) is 30.0 Å². The molecule has 6 nitrogen and oxygen atoms in total. The molecule has 1 rings (SSSR count). The Morgan fingerprint density at radius 2 is 2.10 bits per heavy atom. The number of ether oxygens (including phenoxy) is 1. The minimum atomic E-state index is -3.56. The molecule has 0 aliphatic rings. The summed E-state index contributed by atoms with van der Waals surface area (Å²) in [7, 11) is -1.91. The Kier molecular flexibility index (Phi) is 8.16. The number of pyridine rings is 1. The van der Waals surface area contributed by atoms with Gasteiger partial charge in [-0.1, -0.05) is 0 Å². The van der Waals surface area contributed by atoms with Gasteiger partial charge in [-0.05, 0) is 48.2 Å². The number of hydrogen-bond acceptors (Lipinski definition) is 5. The zero-order chi connectivity index (χ0) is 15.7. The van der Waals surface area contributed by atoms with Crippen LogP contribution in [-0.4, -0.2) is 40.2 Å². The van der Waals surface area contributed by atoms with Crippen molar-refractivity contribution < 1.29 is 13.2 Å². The molecule has 0 fully saturated rings. The van der Waals surface area contributed by atoms with Crippen LogP contribution in [0, 0.1) is 0 Å². The predicted octanol–water partition coefficient (Wildman–Crippen LogP) is 2.37. The van der Waals surface area contributed by atoms with E-state index in [4.69, 9.17) is 4.74 Å². The highest BCUT2D eigenvalue weighted by Crippen LogP contribution is 2.22. The molecule has 0 radical (unpaired) electrons. The predicted molar refractivity (Wildman–Crippen MR) is 87.0 cm³/mol. The van der Waals surface area contributed by atoms with Crippen molar-refractivity contribution in [3.63, 3.8) is 0 Å². The number of sulfonamides is 1. The summed E-state index contributed by atoms with van der Waals surface area (Å²) in [5.41, 5.74) is 0. The highest BCUT2D eigenvalue weighted by atomic mass is 79.9. The third-order valence-electron chi connectivity index (χ3n) is 2.77. The van der Waals surface area contributed by atoms with E-state index in [9.17, 15) is 8.42 Å². The third kappa shape index (κ3) is 6.29. The van der Waals surface area contributed by atoms with Crippen molar-refractivity contribution in [1.82, 2.24) is 9.71 Å². The van der Waals surface area contributed by atoms with Crippen molar-refractivity contribution in [2.75, 3.05) is 32.1 Å². The monoisotopic (exact) mass is 379 g/mol. The van der Waals surface area contributed by atoms with Crippen LogP contribution in [0.3, 0.4) is 0 Å². The van der Waals surface area contributed by atoms with Crippen LogP contribution in [0.2, 0.25) is 0 Å². The summed E-state index contributed by atoms with van der Waals surface area (Å²) in [5, 5.41) is 2.96. The first kappa shape index (κ1) is 18.3. The van der Waals surface area contributed by atoms with E-state index in [1.807, 2.05) is 6.92 Å². The van der Waals surface area contributed by atoms with Crippen molar-refractivity contribution >= 4 is 31.8 Å². The number of hydrogen-bond donors (Lipinski definition) is 2. The maximum absolute atomic E-state index is 12.3. The minimum absolute atomic E-state index is 0.163. The Morgan fingerprint density at radius 1 is 1.33 bits per heavy atom. The lowest BCUT2D eigenvalue weighted by Crippen LogP contribution is -2.26. The van der Waals surface area contributed by atoms with Crippen molar-refractivity contribution in [3.05, 3.63) is 16.7 Å². The van der Waals surface area contributed by atoms with Crippen LogP contribution in [0.15, 0.2) is 21.6 Å². The van der Waals surface area contributed by atoms with Gasteiger partial charge in [0.15, 0.2) is 0 Å². The smallest absolute Gasteiger partial charge is 0.244 e. The van der Waals surface area contributed by atoms with E-state index in [-0.39, 0.29) is 4.90 Å². The number of nitrogens with one attached hydrogen (secondary N) is 2. The number of anilines is 1. The van der Waals surface area contributed by atoms with E-state index in [1.165, 1.54) is 0 Å². The molecular weight excluding hydrogens is 358 g/mol. The quantitative estimate of drug-likeness (QED) is 0.610. The zero-order valence-corrected chi connectivity index (χ0v) is 14.8. The summed E-state index contributed by atoms with van der Waals surface area (Å²) in [5.74, 6) is 0.368. The normalized spacial score (nSPS) is 11.6. The molecule has 1 aromatic heterocycles. The van der Waals surface area contributed by atoms with Gasteiger partial charge >= 0.3 is 0 Å². The Labute approximate surface area is 134 Å². The van der Waals surface area contributed by atoms with Crippen LogP contribution in [0.5, 0.6) is 0 Å². The number of halogens is 1. The summed E-state index contributed by atoms with van der Waals surface area (Å²) >= 11 is 3.25. The number of unbranched alkanes of at least 4 members (excludes halogenated alkanes) is 2. The van der Waals surface area contributed by atoms with Crippen molar-refractivity contribution in [2.24, 2.45) is 0 Å². The van der Waals surface area contributed by atoms with E-state index in [2.05, 4.69) is 31.0 Å². The fourth-order valence-corrected chi connectivity index (χ4v) is 3.47. The zero-order valence-electron chi connectivity index (χ0n) is 12.4. The van der Waals surface area contributed by atoms with Crippen LogP contribution in [0.4, 0.5) is 5.82 Å². The van der Waals surface area contributed by atoms with E-state index in [1.54, 1.807) is 19.4 Å². The lowest BCUT2D eigenvalue weighted by Gasteiger charge is -2.12. The van der Waals surface area contributed by atoms with E-state index >= 15 is 0 Å². The van der Waals surface area contributed by atoms with Gasteiger partial charge in [-0.25, -0.2) is 18.1 Å². The molecule has 0 saturated heterocycles. The van der Waals surface area contributed by atoms with Crippen molar-refractivity contribution in [2.45, 2.75) is 31.1 Å². The molecule has 2 N–H and O–H groups in total. The van der Waals surface area contributed by atoms with Gasteiger partial charge in [0.25, 0.3) is 0 Å². The maximum atomic E-state index is 12.3. The average molecular weight is 380 g/mol. The van der Waals surface area contributed by atoms with Crippen molar-refractivity contribution in [3.8, 4) is 0 Å². The van der Waals surface area contributed by atoms with Gasteiger partial charge < -0.3 is 10.1 Å². The molecule has 0 saturated carbocycles. The van der Waals surface area contributed by atoms with Gasteiger partial charge in [-0.15, -0.1) is 0 Å². The molecule has 21 heavy (non-hydrogen) atoms. The second-order valence-electron chi connectivity index (χ2n) is 4.48. The average Bonchev–Trinajstić information content (AvgIpc) is 2.45. The van der Waals surface area contributed by atoms with Gasteiger partial charge in [-0.3, -0.25) is 0 Å². The van der Waals surface area contributed by atoms with Crippen LogP contribution < -0.4 is 10.0 Å². The SMILES string of the molecule is CCNc1ncc(Br)cc1S(=O)(=O)NCCCCCOC. The second kappa shape index (κ2) is 9.34. The molecule has 0 spiro atoms. The van der Waals surface area contributed by atoms with Gasteiger partial charge in [0.1, 0.15) is 10.7 Å². The number of nitrogens with zero attached hydrogens (tertiary/aromatic N) is 1. The van der Waals surface area contributed by atoms with Gasteiger partial charge in [0.05, 0.1) is 0 Å². The largest absolute Gasteiger partial charge is 0.385 e. The molecule has 0 aliphatic heterocycles. The van der Waals surface area contributed by atoms with Crippen LogP contribution in [0.25, 0.3) is 0 Å². The van der Waals surface area contributed by atoms with Crippen LogP contribution in [0.1, 0.15) is 26.2 Å². The van der Waals surface area contributed by atoms with Gasteiger partial charge in [-0.2, -0.15) is 0 Å². The topological polar surface area (TPSA) is 80.3 Å². The number of aromatic nitrogens is 1. The fourth-order valence-electron chi connectivity index (χ4n) is 1.76. The lowest BCUT2D eigenvalue weighted by atomic mass is 10.2. The molecule has 0 unspecified atom stereocenters. The standard InChI is InChI=1S/C13H22BrN3O3S/c1-3-15-13-12(9-11(14)10-16-13)21(18,19)17-7-5-4-6-8-20-2/h9-10,17H,3-8H2,1-2H3,(H,15,16). The first-order valence-corrected chi connectivity index (χ1v) is 9.17. The molecule has 0 bridgehead atoms. The van der Waals surface area contributed by atoms with Crippen LogP contribution >= 0.6 is 15.9 Å². The third-order valence-corrected chi connectivity index (χ3v) is 4.68. The Morgan fingerprint density at radius 3 is 2.76 bits per heavy atom. The van der Waals surface area contributed by atoms with Gasteiger partial charge in [0.2, 0.25) is 10.0 Å². The summed E-state index contributed by atoms with van der Waals surface area (Å²) in [4.78, 5) is 4.27. The fraction of sp³-hybridized carbons (Fsp3) is 0.615. The molecule has 0 amide bonds. The lowest BCUT2D eigenvalue weighted by molar-refractivity contribution is 0.192. The second-order valence-corrected chi connectivity index (χ2v) is 7.13. The molecule has 0 aromatic carbocycles. The number of methoxy groups -OCH3 is 1. The van der Waals surface area contributed by atoms with Crippen LogP contribution in [-0.2, 0) is 14.8 Å². The molecule has 120 valence electrons. The van der Waals surface area contributed by atoms with E-state index in [0.717, 1.165) is 19.3 Å². The van der Waals surface area contributed by atoms with E-state index < -0.39 is 10.0 Å². The first-order chi connectivity index (χ1) is 10.0. The molecule has 1 heterocycles. The molecule has 1 aromatic rings. The Balaban J connectivity index is 2.67. The molecule has 0 aliphatic carbocycles. The summed E-state index contributed by atoms with van der Waals surface area (Å²) < 4.78 is 32.9. The van der Waals surface area contributed by atoms with Gasteiger partial charge in [0, 0.05) is 37.5 Å². The highest BCUT2D eigenvalue weighted by molar-refractivity contribution is 9.10.